The lowest BCUT2D eigenvalue weighted by Gasteiger charge is -2.13. The quantitative estimate of drug-likeness (QED) is 0.236. The lowest BCUT2D eigenvalue weighted by molar-refractivity contribution is -0.149. The van der Waals surface area contributed by atoms with Gasteiger partial charge in [-0.25, -0.2) is 4.79 Å². The first-order valence-corrected chi connectivity index (χ1v) is 12.5. The number of hydrogen-bond acceptors (Lipinski definition) is 4. The van der Waals surface area contributed by atoms with Crippen LogP contribution in [0.4, 0.5) is 0 Å². The van der Waals surface area contributed by atoms with Gasteiger partial charge in [-0.2, -0.15) is 0 Å². The van der Waals surface area contributed by atoms with E-state index in [1.165, 1.54) is 0 Å². The fourth-order valence-electron chi connectivity index (χ4n) is 4.23. The van der Waals surface area contributed by atoms with Crippen LogP contribution in [0.5, 0.6) is 0 Å². The van der Waals surface area contributed by atoms with Gasteiger partial charge in [0.15, 0.2) is 11.9 Å². The van der Waals surface area contributed by atoms with Crippen molar-refractivity contribution in [3.05, 3.63) is 120 Å². The van der Waals surface area contributed by atoms with Crippen LogP contribution in [-0.4, -0.2) is 36.1 Å². The Bertz CT molecular complexity index is 1320. The van der Waals surface area contributed by atoms with E-state index in [1.54, 1.807) is 6.92 Å². The van der Waals surface area contributed by atoms with Gasteiger partial charge in [0.25, 0.3) is 0 Å². The number of ketones is 1. The molecule has 0 fully saturated rings. The number of hydrogen-bond donors (Lipinski definition) is 2. The maximum Gasteiger partial charge on any atom is 0.333 e. The minimum atomic E-state index is -0.950. The first kappa shape index (κ1) is 26.0. The summed E-state index contributed by atoms with van der Waals surface area (Å²) >= 11 is 0. The standard InChI is InChI=1S/C32H31NO4/c1-2-37-31(32(35)36)20-23-11-13-27(14-12-23)29-10-6-7-24(19-29)21-33-22-30(34)28-17-15-26(16-18-28)25-8-4-3-5-9-25/h3-19,31,33H,2,20-22H2,1H3,(H,35,36). The van der Waals surface area contributed by atoms with Crippen molar-refractivity contribution < 1.29 is 19.4 Å². The molecule has 2 N–H and O–H groups in total. The molecule has 1 unspecified atom stereocenters. The fraction of sp³-hybridized carbons (Fsp3) is 0.188. The summed E-state index contributed by atoms with van der Waals surface area (Å²) in [4.78, 5) is 24.0. The van der Waals surface area contributed by atoms with Crippen LogP contribution in [0.3, 0.4) is 0 Å². The summed E-state index contributed by atoms with van der Waals surface area (Å²) < 4.78 is 5.31. The van der Waals surface area contributed by atoms with E-state index in [4.69, 9.17) is 4.74 Å². The second-order valence-electron chi connectivity index (χ2n) is 8.85. The largest absolute Gasteiger partial charge is 0.479 e. The fourth-order valence-corrected chi connectivity index (χ4v) is 4.23. The third-order valence-corrected chi connectivity index (χ3v) is 6.21. The maximum atomic E-state index is 12.7. The molecule has 37 heavy (non-hydrogen) atoms. The maximum absolute atomic E-state index is 12.7. The van der Waals surface area contributed by atoms with Gasteiger partial charge in [-0.3, -0.25) is 4.79 Å². The lowest BCUT2D eigenvalue weighted by Crippen LogP contribution is -2.26. The topological polar surface area (TPSA) is 75.6 Å². The van der Waals surface area contributed by atoms with E-state index in [0.29, 0.717) is 25.1 Å². The van der Waals surface area contributed by atoms with E-state index in [9.17, 15) is 14.7 Å². The normalized spacial score (nSPS) is 11.7. The van der Waals surface area contributed by atoms with Gasteiger partial charge in [0, 0.05) is 25.1 Å². The minimum Gasteiger partial charge on any atom is -0.479 e. The third-order valence-electron chi connectivity index (χ3n) is 6.21. The highest BCUT2D eigenvalue weighted by Crippen LogP contribution is 2.22. The van der Waals surface area contributed by atoms with E-state index in [1.807, 2.05) is 84.9 Å². The molecule has 0 aliphatic heterocycles. The van der Waals surface area contributed by atoms with Gasteiger partial charge in [0.1, 0.15) is 0 Å². The van der Waals surface area contributed by atoms with Crippen molar-refractivity contribution in [2.45, 2.75) is 26.0 Å². The zero-order valence-corrected chi connectivity index (χ0v) is 20.9. The van der Waals surface area contributed by atoms with Crippen LogP contribution in [-0.2, 0) is 22.5 Å². The molecule has 0 aliphatic rings. The number of Topliss-reactive ketones (excluding diaryl/α,β-unsaturated/α-hetero) is 1. The number of carbonyl (C=O) groups is 2. The zero-order chi connectivity index (χ0) is 26.0. The Hall–Kier alpha value is -4.06. The second-order valence-corrected chi connectivity index (χ2v) is 8.85. The monoisotopic (exact) mass is 493 g/mol. The van der Waals surface area contributed by atoms with Gasteiger partial charge in [0.2, 0.25) is 0 Å². The molecule has 0 aliphatic carbocycles. The summed E-state index contributed by atoms with van der Waals surface area (Å²) in [5.74, 6) is -0.896. The van der Waals surface area contributed by atoms with E-state index < -0.39 is 12.1 Å². The molecule has 1 atom stereocenters. The van der Waals surface area contributed by atoms with Gasteiger partial charge in [-0.05, 0) is 46.4 Å². The lowest BCUT2D eigenvalue weighted by atomic mass is 10.00. The number of carbonyl (C=O) groups excluding carboxylic acids is 1. The van der Waals surface area contributed by atoms with E-state index in [-0.39, 0.29) is 12.3 Å². The molecule has 4 aromatic rings. The number of rotatable bonds is 12. The number of carboxylic acids is 1. The number of aliphatic carboxylic acids is 1. The van der Waals surface area contributed by atoms with Crippen molar-refractivity contribution in [1.82, 2.24) is 5.32 Å². The Morgan fingerprint density at radius 2 is 1.38 bits per heavy atom. The van der Waals surface area contributed by atoms with Crippen molar-refractivity contribution in [1.29, 1.82) is 0 Å². The molecule has 5 heteroatoms. The Morgan fingerprint density at radius 1 is 0.757 bits per heavy atom. The Balaban J connectivity index is 1.32. The molecule has 0 spiro atoms. The smallest absolute Gasteiger partial charge is 0.333 e. The van der Waals surface area contributed by atoms with Crippen LogP contribution >= 0.6 is 0 Å². The van der Waals surface area contributed by atoms with Crippen LogP contribution < -0.4 is 5.32 Å². The van der Waals surface area contributed by atoms with Gasteiger partial charge in [-0.15, -0.1) is 0 Å². The predicted molar refractivity (Wildman–Crippen MR) is 147 cm³/mol. The van der Waals surface area contributed by atoms with Crippen LogP contribution in [0.2, 0.25) is 0 Å². The number of ether oxygens (including phenoxy) is 1. The molecule has 4 rings (SSSR count). The molecule has 0 bridgehead atoms. The SMILES string of the molecule is CCOC(Cc1ccc(-c2cccc(CNCC(=O)c3ccc(-c4ccccc4)cc3)c2)cc1)C(=O)O. The summed E-state index contributed by atoms with van der Waals surface area (Å²) in [5.41, 5.74) is 7.01. The molecule has 0 radical (unpaired) electrons. The average Bonchev–Trinajstić information content (AvgIpc) is 2.94. The predicted octanol–water partition coefficient (Wildman–Crippen LogP) is 6.03. The molecule has 0 saturated carbocycles. The minimum absolute atomic E-state index is 0.0538. The summed E-state index contributed by atoms with van der Waals surface area (Å²) in [6.07, 6.45) is -0.508. The van der Waals surface area contributed by atoms with Crippen molar-refractivity contribution in [2.24, 2.45) is 0 Å². The van der Waals surface area contributed by atoms with Crippen LogP contribution in [0.25, 0.3) is 22.3 Å². The molecule has 0 heterocycles. The van der Waals surface area contributed by atoms with Gasteiger partial charge in [0.05, 0.1) is 6.54 Å². The summed E-state index contributed by atoms with van der Waals surface area (Å²) in [6.45, 7) is 2.99. The van der Waals surface area contributed by atoms with Crippen molar-refractivity contribution in [3.8, 4) is 22.3 Å². The van der Waals surface area contributed by atoms with Crippen molar-refractivity contribution >= 4 is 11.8 Å². The second kappa shape index (κ2) is 12.8. The van der Waals surface area contributed by atoms with Gasteiger partial charge >= 0.3 is 5.97 Å². The van der Waals surface area contributed by atoms with Crippen molar-refractivity contribution in [3.63, 3.8) is 0 Å². The average molecular weight is 494 g/mol. The molecule has 5 nitrogen and oxygen atoms in total. The molecular weight excluding hydrogens is 462 g/mol. The first-order chi connectivity index (χ1) is 18.0. The summed E-state index contributed by atoms with van der Waals surface area (Å²) in [6, 6.07) is 33.9. The van der Waals surface area contributed by atoms with Crippen molar-refractivity contribution in [2.75, 3.05) is 13.2 Å². The summed E-state index contributed by atoms with van der Waals surface area (Å²) in [5, 5.41) is 12.6. The summed E-state index contributed by atoms with van der Waals surface area (Å²) in [7, 11) is 0. The zero-order valence-electron chi connectivity index (χ0n) is 20.9. The molecular formula is C32H31NO4. The number of carboxylic acid groups (broad SMARTS) is 1. The Kier molecular flexibility index (Phi) is 8.98. The molecule has 0 saturated heterocycles. The van der Waals surface area contributed by atoms with Gasteiger partial charge < -0.3 is 15.2 Å². The molecule has 0 amide bonds. The molecule has 4 aromatic carbocycles. The highest BCUT2D eigenvalue weighted by atomic mass is 16.5. The number of nitrogens with one attached hydrogen (secondary N) is 1. The highest BCUT2D eigenvalue weighted by molar-refractivity contribution is 5.98. The highest BCUT2D eigenvalue weighted by Gasteiger charge is 2.17. The molecule has 188 valence electrons. The van der Waals surface area contributed by atoms with Crippen LogP contribution in [0.15, 0.2) is 103 Å². The Morgan fingerprint density at radius 3 is 2.05 bits per heavy atom. The van der Waals surface area contributed by atoms with E-state index in [2.05, 4.69) is 23.5 Å². The molecule has 0 aromatic heterocycles. The first-order valence-electron chi connectivity index (χ1n) is 12.5. The third kappa shape index (κ3) is 7.23. The van der Waals surface area contributed by atoms with E-state index >= 15 is 0 Å². The van der Waals surface area contributed by atoms with E-state index in [0.717, 1.165) is 33.4 Å². The van der Waals surface area contributed by atoms with Crippen LogP contribution in [0.1, 0.15) is 28.4 Å². The van der Waals surface area contributed by atoms with Crippen LogP contribution in [0, 0.1) is 0 Å². The van der Waals surface area contributed by atoms with Gasteiger partial charge in [-0.1, -0.05) is 97.1 Å². The number of benzene rings is 4. The Labute approximate surface area is 217 Å².